The molecule has 0 fully saturated rings. The van der Waals surface area contributed by atoms with Crippen LogP contribution in [0.15, 0.2) is 237 Å². The van der Waals surface area contributed by atoms with E-state index in [9.17, 15) is 0 Å². The smallest absolute Gasteiger partial charge is 0.252 e. The fourth-order valence-electron chi connectivity index (χ4n) is 15.2. The Bertz CT molecular complexity index is 5830. The van der Waals surface area contributed by atoms with E-state index in [1.807, 2.05) is 31.3 Å². The fraction of sp³-hybridized carbons (Fsp3) is 0.237. The molecule has 0 N–H and O–H groups in total. The zero-order chi connectivity index (χ0) is 75.2. The molecule has 16 rings (SSSR count). The van der Waals surface area contributed by atoms with Crippen molar-refractivity contribution < 1.29 is 18.3 Å². The fourth-order valence-corrected chi connectivity index (χ4v) is 15.2. The number of aryl methyl sites for hydroxylation is 10. The Kier molecular flexibility index (Phi) is 20.1. The highest BCUT2D eigenvalue weighted by Gasteiger charge is 2.37. The molecule has 0 atom stereocenters. The van der Waals surface area contributed by atoms with Crippen LogP contribution in [0, 0.1) is 41.5 Å². The van der Waals surface area contributed by atoms with Crippen molar-refractivity contribution >= 4 is 44.3 Å². The first-order valence-corrected chi connectivity index (χ1v) is 36.6. The molecule has 9 aromatic heterocycles. The lowest BCUT2D eigenvalue weighted by molar-refractivity contribution is -0.650. The molecule has 0 bridgehead atoms. The molecule has 0 amide bonds. The second kappa shape index (κ2) is 29.4. The van der Waals surface area contributed by atoms with Crippen molar-refractivity contribution in [2.24, 2.45) is 56.4 Å². The number of hydrogen-bond donors (Lipinski definition) is 0. The van der Waals surface area contributed by atoms with Gasteiger partial charge in [0.1, 0.15) is 28.2 Å². The van der Waals surface area contributed by atoms with Gasteiger partial charge < -0.3 is 18.3 Å². The molecule has 106 heavy (non-hydrogen) atoms. The number of fused-ring (bicyclic) bond motifs is 4. The van der Waals surface area contributed by atoms with Crippen molar-refractivity contribution in [1.29, 1.82) is 0 Å². The first-order valence-electron chi connectivity index (χ1n) is 36.6. The maximum atomic E-state index is 5.11. The summed E-state index contributed by atoms with van der Waals surface area (Å²) in [6.07, 6.45) is 1.78. The monoisotopic (exact) mass is 1400 g/mol. The number of para-hydroxylation sites is 6. The van der Waals surface area contributed by atoms with Crippen LogP contribution in [-0.4, -0.2) is 43.2 Å². The van der Waals surface area contributed by atoms with Crippen LogP contribution in [0.4, 0.5) is 0 Å². The van der Waals surface area contributed by atoms with Crippen molar-refractivity contribution in [3.8, 4) is 91.1 Å². The Morgan fingerprint density at radius 2 is 0.604 bits per heavy atom. The molecule has 16 aromatic rings. The Hall–Kier alpha value is -11.8. The van der Waals surface area contributed by atoms with E-state index in [2.05, 4.69) is 380 Å². The second-order valence-electron chi connectivity index (χ2n) is 30.3. The summed E-state index contributed by atoms with van der Waals surface area (Å²) in [6, 6.07) is 80.6. The highest BCUT2D eigenvalue weighted by atomic mass is 15.1. The Balaban J connectivity index is 0.000000126. The number of aromatic nitrogens is 13. The third kappa shape index (κ3) is 13.7. The van der Waals surface area contributed by atoms with Gasteiger partial charge in [-0.1, -0.05) is 151 Å². The van der Waals surface area contributed by atoms with Crippen molar-refractivity contribution in [3.05, 3.63) is 281 Å². The molecule has 0 aliphatic rings. The standard InChI is InChI=1S/C29H36N3.C23H24N3.C21H20N3.C20H19N4/c1-19-14-10-11-15-20(19)25-21(28(2,3)4)18-22(29(5,6)7)26(32(25)9)27-30-23-16-12-13-17-24(23)31(27)8;1-15-10-6-7-11-18(15)21-16(2)14-17(3)22(26(21)5)23-24-19-12-8-9-13-20(19)25(23)4;1-15-9-4-5-10-16(15)18-13-8-14-20(23(18)2)21-22-17-11-6-7-12-19(17)24(21)3;1-14-8-4-5-9-15(14)16-10-6-11-18(23(16)2)20-22-19-17(24(20)3)12-7-13-21-19/h10-18H,1-9H3;6-14H,1-5H3;4-14H,1-3H3;4-13H,1-3H3/q4*+1. The minimum Gasteiger partial charge on any atom is -0.322 e. The normalized spacial score (nSPS) is 11.6. The van der Waals surface area contributed by atoms with E-state index in [0.717, 1.165) is 84.6 Å². The van der Waals surface area contributed by atoms with Crippen LogP contribution in [0.1, 0.15) is 86.1 Å². The Morgan fingerprint density at radius 3 is 1.04 bits per heavy atom. The van der Waals surface area contributed by atoms with Gasteiger partial charge in [-0.05, 0) is 172 Å². The number of hydrogen-bond acceptors (Lipinski definition) is 5. The molecule has 0 saturated heterocycles. The van der Waals surface area contributed by atoms with Crippen molar-refractivity contribution in [3.63, 3.8) is 0 Å². The quantitative estimate of drug-likeness (QED) is 0.141. The lowest BCUT2D eigenvalue weighted by atomic mass is 9.77. The van der Waals surface area contributed by atoms with Gasteiger partial charge in [-0.25, -0.2) is 24.9 Å². The topological polar surface area (TPSA) is 99.7 Å². The molecule has 7 aromatic carbocycles. The molecule has 13 heteroatoms. The van der Waals surface area contributed by atoms with Gasteiger partial charge in [0.05, 0.1) is 38.6 Å². The summed E-state index contributed by atoms with van der Waals surface area (Å²) in [5.74, 6) is 3.91. The van der Waals surface area contributed by atoms with Gasteiger partial charge in [0.15, 0.2) is 5.65 Å². The highest BCUT2D eigenvalue weighted by Crippen LogP contribution is 2.41. The maximum Gasteiger partial charge on any atom is 0.252 e. The van der Waals surface area contributed by atoms with Crippen LogP contribution in [-0.2, 0) is 67.2 Å². The third-order valence-electron chi connectivity index (χ3n) is 20.9. The molecule has 0 aliphatic heterocycles. The van der Waals surface area contributed by atoms with E-state index in [-0.39, 0.29) is 10.8 Å². The number of imidazole rings is 4. The number of rotatable bonds is 8. The first kappa shape index (κ1) is 72.5. The average Bonchev–Trinajstić information content (AvgIpc) is 1.24. The van der Waals surface area contributed by atoms with Gasteiger partial charge in [-0.3, -0.25) is 0 Å². The second-order valence-corrected chi connectivity index (χ2v) is 30.3. The number of nitrogens with zero attached hydrogens (tertiary/aromatic N) is 13. The predicted molar refractivity (Wildman–Crippen MR) is 435 cm³/mol. The molecule has 532 valence electrons. The third-order valence-corrected chi connectivity index (χ3v) is 20.9. The van der Waals surface area contributed by atoms with Gasteiger partial charge in [0.25, 0.3) is 11.4 Å². The summed E-state index contributed by atoms with van der Waals surface area (Å²) in [6.45, 7) is 26.9. The lowest BCUT2D eigenvalue weighted by Gasteiger charge is -2.28. The average molecular weight is 1400 g/mol. The minimum atomic E-state index is -0.0323. The van der Waals surface area contributed by atoms with Gasteiger partial charge in [0.2, 0.25) is 57.5 Å². The van der Waals surface area contributed by atoms with Crippen LogP contribution in [0.2, 0.25) is 0 Å². The molecule has 0 unspecified atom stereocenters. The summed E-state index contributed by atoms with van der Waals surface area (Å²) in [7, 11) is 16.9. The molecule has 0 aliphatic carbocycles. The van der Waals surface area contributed by atoms with Gasteiger partial charge >= 0.3 is 0 Å². The summed E-state index contributed by atoms with van der Waals surface area (Å²) in [5.41, 5.74) is 33.0. The number of benzene rings is 7. The molecule has 0 spiro atoms. The molecular weight excluding hydrogens is 1300 g/mol. The van der Waals surface area contributed by atoms with E-state index >= 15 is 0 Å². The van der Waals surface area contributed by atoms with Gasteiger partial charge in [-0.2, -0.15) is 18.3 Å². The molecule has 0 radical (unpaired) electrons. The van der Waals surface area contributed by atoms with E-state index in [4.69, 9.17) is 19.9 Å². The van der Waals surface area contributed by atoms with Crippen LogP contribution in [0.25, 0.3) is 135 Å². The SMILES string of the molecule is Cc1ccccc1-c1c(C(C)(C)C)cc(C(C)(C)C)c(-c2nc3ccccc3n2C)[n+]1C.Cc1ccccc1-c1c(C)cc(C)c(-c2nc3ccccc3n2C)[n+]1C.Cc1ccccc1-c1cccc(-c2nc3ccccc3n2C)[n+]1C.Cc1ccccc1-c1cccc(-c2nc3ncccc3n2C)[n+]1C. The van der Waals surface area contributed by atoms with E-state index < -0.39 is 0 Å². The number of pyridine rings is 5. The Labute approximate surface area is 624 Å². The molecule has 0 saturated carbocycles. The molecule has 13 nitrogen and oxygen atoms in total. The molecule has 9 heterocycles. The van der Waals surface area contributed by atoms with Crippen molar-refractivity contribution in [2.45, 2.75) is 93.9 Å². The minimum absolute atomic E-state index is 0.000253. The first-order chi connectivity index (χ1) is 50.7. The predicted octanol–water partition coefficient (Wildman–Crippen LogP) is 18.8. The van der Waals surface area contributed by atoms with Crippen molar-refractivity contribution in [2.75, 3.05) is 0 Å². The summed E-state index contributed by atoms with van der Waals surface area (Å²) in [5, 5.41) is 0. The summed E-state index contributed by atoms with van der Waals surface area (Å²) in [4.78, 5) is 24.0. The summed E-state index contributed by atoms with van der Waals surface area (Å²) < 4.78 is 17.8. The lowest BCUT2D eigenvalue weighted by Crippen LogP contribution is -2.41. The van der Waals surface area contributed by atoms with Crippen LogP contribution in [0.3, 0.4) is 0 Å². The van der Waals surface area contributed by atoms with Crippen LogP contribution in [0.5, 0.6) is 0 Å². The zero-order valence-corrected chi connectivity index (χ0v) is 65.3. The van der Waals surface area contributed by atoms with Crippen LogP contribution < -0.4 is 18.3 Å². The largest absolute Gasteiger partial charge is 0.322 e. The van der Waals surface area contributed by atoms with E-state index in [1.165, 1.54) is 95.2 Å². The molecular formula is C93H99N13+4. The van der Waals surface area contributed by atoms with Gasteiger partial charge in [-0.15, -0.1) is 0 Å². The van der Waals surface area contributed by atoms with Gasteiger partial charge in [0, 0.05) is 103 Å². The van der Waals surface area contributed by atoms with E-state index in [0.29, 0.717) is 0 Å². The maximum absolute atomic E-state index is 5.11. The Morgan fingerprint density at radius 1 is 0.274 bits per heavy atom. The highest BCUT2D eigenvalue weighted by molar-refractivity contribution is 5.83. The summed E-state index contributed by atoms with van der Waals surface area (Å²) >= 11 is 0. The van der Waals surface area contributed by atoms with Crippen molar-refractivity contribution in [1.82, 2.24) is 43.2 Å². The zero-order valence-electron chi connectivity index (χ0n) is 65.3. The van der Waals surface area contributed by atoms with E-state index in [1.54, 1.807) is 6.20 Å². The van der Waals surface area contributed by atoms with Crippen LogP contribution >= 0.6 is 0 Å².